The first kappa shape index (κ1) is 12.7. The van der Waals surface area contributed by atoms with Gasteiger partial charge in [0.15, 0.2) is 0 Å². The van der Waals surface area contributed by atoms with Crippen molar-refractivity contribution in [3.63, 3.8) is 0 Å². The van der Waals surface area contributed by atoms with Crippen molar-refractivity contribution in [2.45, 2.75) is 32.2 Å². The maximum atomic E-state index is 12.4. The van der Waals surface area contributed by atoms with Crippen molar-refractivity contribution in [2.24, 2.45) is 5.92 Å². The van der Waals surface area contributed by atoms with E-state index < -0.39 is 0 Å². The Morgan fingerprint density at radius 1 is 1.21 bits per heavy atom. The number of carbonyl (C=O) groups excluding carboxylic acids is 1. The number of carbonyl (C=O) groups is 1. The molecule has 0 radical (unpaired) electrons. The largest absolute Gasteiger partial charge is 0.337 e. The monoisotopic (exact) mass is 258 g/mol. The molecule has 1 aromatic carbocycles. The van der Waals surface area contributed by atoms with Crippen LogP contribution in [-0.2, 0) is 5.41 Å². The molecule has 0 aliphatic carbocycles. The summed E-state index contributed by atoms with van der Waals surface area (Å²) in [5.41, 5.74) is 2.22. The molecule has 102 valence electrons. The van der Waals surface area contributed by atoms with Crippen LogP contribution in [0.5, 0.6) is 0 Å². The second-order valence-electron chi connectivity index (χ2n) is 6.81. The Balaban J connectivity index is 1.73. The minimum Gasteiger partial charge on any atom is -0.337 e. The van der Waals surface area contributed by atoms with E-state index >= 15 is 0 Å². The van der Waals surface area contributed by atoms with Crippen molar-refractivity contribution in [1.29, 1.82) is 0 Å². The summed E-state index contributed by atoms with van der Waals surface area (Å²) in [6.07, 6.45) is 0. The first-order valence-electron chi connectivity index (χ1n) is 7.08. The summed E-state index contributed by atoms with van der Waals surface area (Å²) in [4.78, 5) is 14.4. The van der Waals surface area contributed by atoms with Crippen molar-refractivity contribution in [2.75, 3.05) is 19.6 Å². The summed E-state index contributed by atoms with van der Waals surface area (Å²) in [6.45, 7) is 9.41. The van der Waals surface area contributed by atoms with Gasteiger partial charge < -0.3 is 10.2 Å². The number of amides is 1. The molecule has 3 heteroatoms. The Labute approximate surface area is 115 Å². The number of nitrogens with zero attached hydrogens (tertiary/aromatic N) is 1. The van der Waals surface area contributed by atoms with E-state index in [9.17, 15) is 4.79 Å². The first-order chi connectivity index (χ1) is 8.95. The predicted molar refractivity (Wildman–Crippen MR) is 76.3 cm³/mol. The van der Waals surface area contributed by atoms with Crippen molar-refractivity contribution < 1.29 is 4.79 Å². The van der Waals surface area contributed by atoms with Gasteiger partial charge in [0.1, 0.15) is 0 Å². The highest BCUT2D eigenvalue weighted by molar-refractivity contribution is 5.94. The molecule has 2 aliphatic heterocycles. The van der Waals surface area contributed by atoms with E-state index in [4.69, 9.17) is 0 Å². The van der Waals surface area contributed by atoms with Gasteiger partial charge in [0.25, 0.3) is 5.91 Å². The van der Waals surface area contributed by atoms with Crippen LogP contribution in [0.2, 0.25) is 0 Å². The molecule has 0 aromatic heterocycles. The van der Waals surface area contributed by atoms with Gasteiger partial charge >= 0.3 is 0 Å². The standard InChI is InChI=1S/C16H22N2O/c1-16(2,3)13-6-4-11(5-7-13)15(19)18-9-12-8-17-14(12)10-18/h4-7,12,14,17H,8-10H2,1-3H3/t12-,14+/m1/s1. The van der Waals surface area contributed by atoms with Crippen LogP contribution in [0.4, 0.5) is 0 Å². The van der Waals surface area contributed by atoms with Crippen LogP contribution in [0.3, 0.4) is 0 Å². The lowest BCUT2D eigenvalue weighted by Gasteiger charge is -2.29. The van der Waals surface area contributed by atoms with Gasteiger partial charge in [-0.05, 0) is 23.1 Å². The zero-order chi connectivity index (χ0) is 13.6. The molecule has 0 unspecified atom stereocenters. The number of benzene rings is 1. The van der Waals surface area contributed by atoms with Gasteiger partial charge in [0.05, 0.1) is 0 Å². The number of hydrogen-bond acceptors (Lipinski definition) is 2. The van der Waals surface area contributed by atoms with Gasteiger partial charge in [-0.1, -0.05) is 32.9 Å². The zero-order valence-electron chi connectivity index (χ0n) is 11.9. The maximum absolute atomic E-state index is 12.4. The first-order valence-corrected chi connectivity index (χ1v) is 7.08. The van der Waals surface area contributed by atoms with Crippen LogP contribution in [0.1, 0.15) is 36.7 Å². The van der Waals surface area contributed by atoms with Gasteiger partial charge in [-0.3, -0.25) is 4.79 Å². The molecule has 1 aromatic rings. The average Bonchev–Trinajstić information content (AvgIpc) is 2.64. The Morgan fingerprint density at radius 2 is 1.89 bits per heavy atom. The number of likely N-dealkylation sites (tertiary alicyclic amines) is 1. The molecule has 2 heterocycles. The highest BCUT2D eigenvalue weighted by Crippen LogP contribution is 2.26. The Morgan fingerprint density at radius 3 is 2.32 bits per heavy atom. The summed E-state index contributed by atoms with van der Waals surface area (Å²) in [6, 6.07) is 8.64. The lowest BCUT2D eigenvalue weighted by Crippen LogP contribution is -2.51. The zero-order valence-corrected chi connectivity index (χ0v) is 11.9. The summed E-state index contributed by atoms with van der Waals surface area (Å²) >= 11 is 0. The SMILES string of the molecule is CC(C)(C)c1ccc(C(=O)N2C[C@H]3CN[C@H]3C2)cc1. The second kappa shape index (κ2) is 4.34. The Kier molecular flexibility index (Phi) is 2.90. The van der Waals surface area contributed by atoms with E-state index in [0.29, 0.717) is 12.0 Å². The molecule has 2 atom stereocenters. The van der Waals surface area contributed by atoms with Crippen LogP contribution in [0.25, 0.3) is 0 Å². The Bertz CT molecular complexity index is 474. The van der Waals surface area contributed by atoms with Gasteiger partial charge in [-0.2, -0.15) is 0 Å². The van der Waals surface area contributed by atoms with Crippen molar-refractivity contribution >= 4 is 5.91 Å². The normalized spacial score (nSPS) is 25.9. The van der Waals surface area contributed by atoms with E-state index in [1.165, 1.54) is 5.56 Å². The maximum Gasteiger partial charge on any atom is 0.253 e. The summed E-state index contributed by atoms with van der Waals surface area (Å²) in [7, 11) is 0. The lowest BCUT2D eigenvalue weighted by molar-refractivity contribution is 0.0789. The van der Waals surface area contributed by atoms with E-state index in [2.05, 4.69) is 38.2 Å². The quantitative estimate of drug-likeness (QED) is 0.836. The molecule has 2 saturated heterocycles. The van der Waals surface area contributed by atoms with E-state index in [0.717, 1.165) is 25.2 Å². The third kappa shape index (κ3) is 2.27. The summed E-state index contributed by atoms with van der Waals surface area (Å²) < 4.78 is 0. The Hall–Kier alpha value is -1.35. The third-order valence-electron chi connectivity index (χ3n) is 4.37. The topological polar surface area (TPSA) is 32.3 Å². The number of fused-ring (bicyclic) bond motifs is 1. The smallest absolute Gasteiger partial charge is 0.253 e. The van der Waals surface area contributed by atoms with Crippen molar-refractivity contribution in [3.8, 4) is 0 Å². The van der Waals surface area contributed by atoms with Crippen LogP contribution in [-0.4, -0.2) is 36.5 Å². The molecule has 0 saturated carbocycles. The van der Waals surface area contributed by atoms with Crippen molar-refractivity contribution in [3.05, 3.63) is 35.4 Å². The molecule has 3 nitrogen and oxygen atoms in total. The molecule has 19 heavy (non-hydrogen) atoms. The summed E-state index contributed by atoms with van der Waals surface area (Å²) in [5, 5.41) is 3.38. The van der Waals surface area contributed by atoms with Crippen LogP contribution >= 0.6 is 0 Å². The molecule has 0 spiro atoms. The fourth-order valence-electron chi connectivity index (χ4n) is 2.91. The van der Waals surface area contributed by atoms with Gasteiger partial charge in [-0.15, -0.1) is 0 Å². The fourth-order valence-corrected chi connectivity index (χ4v) is 2.91. The molecular formula is C16H22N2O. The van der Waals surface area contributed by atoms with E-state index in [-0.39, 0.29) is 11.3 Å². The number of rotatable bonds is 1. The van der Waals surface area contributed by atoms with Gasteiger partial charge in [0, 0.05) is 37.2 Å². The molecule has 2 fully saturated rings. The van der Waals surface area contributed by atoms with Crippen LogP contribution < -0.4 is 5.32 Å². The molecule has 1 N–H and O–H groups in total. The third-order valence-corrected chi connectivity index (χ3v) is 4.37. The fraction of sp³-hybridized carbons (Fsp3) is 0.562. The lowest BCUT2D eigenvalue weighted by atomic mass is 9.86. The van der Waals surface area contributed by atoms with E-state index in [1.54, 1.807) is 0 Å². The van der Waals surface area contributed by atoms with E-state index in [1.807, 2.05) is 17.0 Å². The molecule has 0 bridgehead atoms. The minimum absolute atomic E-state index is 0.137. The average molecular weight is 258 g/mol. The second-order valence-corrected chi connectivity index (χ2v) is 6.81. The minimum atomic E-state index is 0.137. The number of nitrogens with one attached hydrogen (secondary N) is 1. The van der Waals surface area contributed by atoms with Crippen LogP contribution in [0, 0.1) is 5.92 Å². The molecule has 1 amide bonds. The molecule has 3 rings (SSSR count). The molecular weight excluding hydrogens is 236 g/mol. The highest BCUT2D eigenvalue weighted by Gasteiger charge is 2.40. The molecule has 2 aliphatic rings. The van der Waals surface area contributed by atoms with Crippen LogP contribution in [0.15, 0.2) is 24.3 Å². The number of hydrogen-bond donors (Lipinski definition) is 1. The van der Waals surface area contributed by atoms with Gasteiger partial charge in [0.2, 0.25) is 0 Å². The van der Waals surface area contributed by atoms with Crippen molar-refractivity contribution in [1.82, 2.24) is 10.2 Å². The van der Waals surface area contributed by atoms with Gasteiger partial charge in [-0.25, -0.2) is 0 Å². The predicted octanol–water partition coefficient (Wildman–Crippen LogP) is 2.03. The summed E-state index contributed by atoms with van der Waals surface area (Å²) in [5.74, 6) is 0.856. The highest BCUT2D eigenvalue weighted by atomic mass is 16.2.